The minimum absolute atomic E-state index is 0.0117. The number of hydrazine groups is 1. The largest absolute Gasteiger partial charge is 0.506 e. The number of ether oxygens (including phenoxy) is 1. The Morgan fingerprint density at radius 1 is 0.889 bits per heavy atom. The molecule has 3 N–H and O–H groups in total. The van der Waals surface area contributed by atoms with Crippen molar-refractivity contribution < 1.29 is 24.2 Å². The van der Waals surface area contributed by atoms with E-state index in [9.17, 15) is 19.5 Å². The van der Waals surface area contributed by atoms with Crippen LogP contribution in [0.3, 0.4) is 0 Å². The summed E-state index contributed by atoms with van der Waals surface area (Å²) in [6.07, 6.45) is 1.75. The lowest BCUT2D eigenvalue weighted by atomic mass is 10.1. The molecule has 184 valence electrons. The van der Waals surface area contributed by atoms with Crippen LogP contribution in [0, 0.1) is 0 Å². The SMILES string of the molecule is CCCc1ccc(O)c(-n2nc3cc(C(=O)NNC(=O)c4ccccc4)c(C(=O)OCC)cc3n2)c1. The fourth-order valence-corrected chi connectivity index (χ4v) is 3.65. The quantitative estimate of drug-likeness (QED) is 0.269. The molecule has 10 heteroatoms. The van der Waals surface area contributed by atoms with Crippen molar-refractivity contribution in [1.29, 1.82) is 0 Å². The summed E-state index contributed by atoms with van der Waals surface area (Å²) in [7, 11) is 0. The maximum absolute atomic E-state index is 13.0. The summed E-state index contributed by atoms with van der Waals surface area (Å²) in [5, 5.41) is 19.2. The molecule has 2 amide bonds. The summed E-state index contributed by atoms with van der Waals surface area (Å²) in [4.78, 5) is 39.2. The molecular weight excluding hydrogens is 462 g/mol. The zero-order valence-electron chi connectivity index (χ0n) is 19.8. The Hall–Kier alpha value is -4.73. The zero-order chi connectivity index (χ0) is 25.7. The summed E-state index contributed by atoms with van der Waals surface area (Å²) in [5.41, 5.74) is 6.94. The number of fused-ring (bicyclic) bond motifs is 1. The van der Waals surface area contributed by atoms with E-state index in [0.29, 0.717) is 22.3 Å². The van der Waals surface area contributed by atoms with E-state index < -0.39 is 17.8 Å². The highest BCUT2D eigenvalue weighted by Crippen LogP contribution is 2.25. The minimum atomic E-state index is -0.730. The van der Waals surface area contributed by atoms with Crippen molar-refractivity contribution in [3.8, 4) is 11.4 Å². The number of aryl methyl sites for hydroxylation is 1. The first kappa shape index (κ1) is 24.4. The van der Waals surface area contributed by atoms with Gasteiger partial charge in [0.15, 0.2) is 0 Å². The molecule has 0 atom stereocenters. The molecule has 0 aliphatic heterocycles. The number of benzene rings is 3. The number of aromatic nitrogens is 3. The number of hydrogen-bond donors (Lipinski definition) is 3. The number of nitrogens with one attached hydrogen (secondary N) is 2. The van der Waals surface area contributed by atoms with E-state index in [-0.39, 0.29) is 23.5 Å². The van der Waals surface area contributed by atoms with Crippen molar-refractivity contribution in [3.63, 3.8) is 0 Å². The number of carbonyl (C=O) groups excluding carboxylic acids is 3. The Morgan fingerprint density at radius 2 is 1.56 bits per heavy atom. The number of phenolic OH excluding ortho intramolecular Hbond substituents is 1. The van der Waals surface area contributed by atoms with Gasteiger partial charge >= 0.3 is 5.97 Å². The monoisotopic (exact) mass is 487 g/mol. The van der Waals surface area contributed by atoms with Gasteiger partial charge in [-0.3, -0.25) is 20.4 Å². The van der Waals surface area contributed by atoms with E-state index in [2.05, 4.69) is 28.0 Å². The average molecular weight is 488 g/mol. The summed E-state index contributed by atoms with van der Waals surface area (Å²) >= 11 is 0. The summed E-state index contributed by atoms with van der Waals surface area (Å²) in [5.74, 6) is -1.98. The zero-order valence-corrected chi connectivity index (χ0v) is 19.8. The number of rotatable bonds is 7. The summed E-state index contributed by atoms with van der Waals surface area (Å²) in [6, 6.07) is 16.3. The van der Waals surface area contributed by atoms with Gasteiger partial charge in [0.05, 0.1) is 17.7 Å². The Bertz CT molecular complexity index is 1430. The van der Waals surface area contributed by atoms with Gasteiger partial charge in [0.1, 0.15) is 22.5 Å². The van der Waals surface area contributed by atoms with Crippen molar-refractivity contribution in [3.05, 3.63) is 82.9 Å². The van der Waals surface area contributed by atoms with Gasteiger partial charge in [0, 0.05) is 5.56 Å². The van der Waals surface area contributed by atoms with E-state index in [4.69, 9.17) is 4.74 Å². The smallest absolute Gasteiger partial charge is 0.339 e. The topological polar surface area (TPSA) is 135 Å². The maximum atomic E-state index is 13.0. The van der Waals surface area contributed by atoms with Crippen molar-refractivity contribution in [2.24, 2.45) is 0 Å². The second-order valence-electron chi connectivity index (χ2n) is 7.94. The van der Waals surface area contributed by atoms with Crippen LogP contribution in [0.25, 0.3) is 16.7 Å². The van der Waals surface area contributed by atoms with Gasteiger partial charge in [-0.05, 0) is 55.3 Å². The highest BCUT2D eigenvalue weighted by atomic mass is 16.5. The third-order valence-electron chi connectivity index (χ3n) is 5.38. The molecule has 4 aromatic rings. The Kier molecular flexibility index (Phi) is 7.24. The number of amides is 2. The van der Waals surface area contributed by atoms with Crippen LogP contribution in [0.4, 0.5) is 0 Å². The van der Waals surface area contributed by atoms with Crippen LogP contribution < -0.4 is 10.9 Å². The number of esters is 1. The lowest BCUT2D eigenvalue weighted by Gasteiger charge is -2.10. The van der Waals surface area contributed by atoms with Crippen molar-refractivity contribution >= 4 is 28.8 Å². The Morgan fingerprint density at radius 3 is 2.22 bits per heavy atom. The van der Waals surface area contributed by atoms with Crippen LogP contribution >= 0.6 is 0 Å². The molecule has 0 bridgehead atoms. The summed E-state index contributed by atoms with van der Waals surface area (Å²) < 4.78 is 5.11. The van der Waals surface area contributed by atoms with Crippen LogP contribution in [-0.4, -0.2) is 44.5 Å². The lowest BCUT2D eigenvalue weighted by molar-refractivity contribution is 0.0522. The molecule has 0 fully saturated rings. The van der Waals surface area contributed by atoms with E-state index in [1.165, 1.54) is 16.9 Å². The molecule has 1 aromatic heterocycles. The van der Waals surface area contributed by atoms with Gasteiger partial charge in [-0.1, -0.05) is 37.6 Å². The molecule has 1 heterocycles. The number of hydrogen-bond acceptors (Lipinski definition) is 7. The number of nitrogens with zero attached hydrogens (tertiary/aromatic N) is 3. The number of aromatic hydroxyl groups is 1. The number of carbonyl (C=O) groups is 3. The van der Waals surface area contributed by atoms with Crippen LogP contribution in [-0.2, 0) is 11.2 Å². The summed E-state index contributed by atoms with van der Waals surface area (Å²) in [6.45, 7) is 3.81. The van der Waals surface area contributed by atoms with Gasteiger partial charge in [0.25, 0.3) is 11.8 Å². The molecule has 0 aliphatic rings. The molecule has 10 nitrogen and oxygen atoms in total. The molecule has 0 spiro atoms. The first-order valence-electron chi connectivity index (χ1n) is 11.5. The van der Waals surface area contributed by atoms with Gasteiger partial charge < -0.3 is 9.84 Å². The van der Waals surface area contributed by atoms with Crippen molar-refractivity contribution in [2.45, 2.75) is 26.7 Å². The Balaban J connectivity index is 1.69. The minimum Gasteiger partial charge on any atom is -0.506 e. The third-order valence-corrected chi connectivity index (χ3v) is 5.38. The van der Waals surface area contributed by atoms with Crippen LogP contribution in [0.1, 0.15) is 56.9 Å². The molecule has 36 heavy (non-hydrogen) atoms. The third kappa shape index (κ3) is 5.17. The Labute approximate surface area is 206 Å². The molecule has 3 aromatic carbocycles. The van der Waals surface area contributed by atoms with Crippen molar-refractivity contribution in [2.75, 3.05) is 6.61 Å². The second kappa shape index (κ2) is 10.7. The van der Waals surface area contributed by atoms with E-state index in [1.807, 2.05) is 6.07 Å². The maximum Gasteiger partial charge on any atom is 0.339 e. The van der Waals surface area contributed by atoms with E-state index >= 15 is 0 Å². The molecule has 0 radical (unpaired) electrons. The number of phenols is 1. The van der Waals surface area contributed by atoms with Gasteiger partial charge in [-0.15, -0.1) is 15.0 Å². The van der Waals surface area contributed by atoms with Gasteiger partial charge in [-0.25, -0.2) is 4.79 Å². The second-order valence-corrected chi connectivity index (χ2v) is 7.94. The van der Waals surface area contributed by atoms with Gasteiger partial charge in [0.2, 0.25) is 0 Å². The molecular formula is C26H25N5O5. The van der Waals surface area contributed by atoms with Crippen LogP contribution in [0.15, 0.2) is 60.7 Å². The average Bonchev–Trinajstić information content (AvgIpc) is 3.31. The van der Waals surface area contributed by atoms with Crippen LogP contribution in [0.5, 0.6) is 5.75 Å². The molecule has 0 saturated carbocycles. The standard InChI is InChI=1S/C26H25N5O5/c1-3-8-16-11-12-23(32)22(13-16)31-29-20-14-18(19(15-21(20)30-31)26(35)36-4-2)25(34)28-27-24(33)17-9-6-5-7-10-17/h5-7,9-15,32H,3-4,8H2,1-2H3,(H,27,33)(H,28,34). The van der Waals surface area contributed by atoms with E-state index in [0.717, 1.165) is 18.4 Å². The molecule has 0 saturated heterocycles. The van der Waals surface area contributed by atoms with Crippen LogP contribution in [0.2, 0.25) is 0 Å². The highest BCUT2D eigenvalue weighted by Gasteiger charge is 2.22. The fourth-order valence-electron chi connectivity index (χ4n) is 3.65. The van der Waals surface area contributed by atoms with E-state index in [1.54, 1.807) is 49.4 Å². The highest BCUT2D eigenvalue weighted by molar-refractivity contribution is 6.09. The first-order chi connectivity index (χ1) is 17.4. The molecule has 0 unspecified atom stereocenters. The predicted molar refractivity (Wildman–Crippen MR) is 132 cm³/mol. The first-order valence-corrected chi connectivity index (χ1v) is 11.5. The molecule has 4 rings (SSSR count). The molecule has 0 aliphatic carbocycles. The predicted octanol–water partition coefficient (Wildman–Crippen LogP) is 3.33. The van der Waals surface area contributed by atoms with Crippen molar-refractivity contribution in [1.82, 2.24) is 25.8 Å². The van der Waals surface area contributed by atoms with Gasteiger partial charge in [-0.2, -0.15) is 0 Å². The fraction of sp³-hybridized carbons (Fsp3) is 0.192. The normalized spacial score (nSPS) is 10.7. The lowest BCUT2D eigenvalue weighted by Crippen LogP contribution is -2.42.